The molecule has 1 atom stereocenters. The van der Waals surface area contributed by atoms with Crippen molar-refractivity contribution in [2.75, 3.05) is 0 Å². The van der Waals surface area contributed by atoms with Crippen LogP contribution in [0.15, 0.2) is 22.7 Å². The van der Waals surface area contributed by atoms with E-state index in [1.807, 2.05) is 0 Å². The van der Waals surface area contributed by atoms with Crippen LogP contribution in [0.4, 0.5) is 13.2 Å². The molecule has 0 heterocycles. The SMILES string of the molecule is NC(CCC(=O)O)c1ccc(Br)cc1C(F)(F)F. The minimum atomic E-state index is -4.51. The van der Waals surface area contributed by atoms with E-state index in [0.29, 0.717) is 4.47 Å². The molecule has 1 aromatic carbocycles. The third kappa shape index (κ3) is 3.99. The summed E-state index contributed by atoms with van der Waals surface area (Å²) >= 11 is 2.97. The fourth-order valence-corrected chi connectivity index (χ4v) is 1.89. The van der Waals surface area contributed by atoms with Gasteiger partial charge in [-0.3, -0.25) is 4.79 Å². The van der Waals surface area contributed by atoms with Crippen LogP contribution in [0.1, 0.15) is 30.0 Å². The minimum Gasteiger partial charge on any atom is -0.481 e. The molecule has 7 heteroatoms. The summed E-state index contributed by atoms with van der Waals surface area (Å²) in [4.78, 5) is 10.4. The van der Waals surface area contributed by atoms with Crippen molar-refractivity contribution < 1.29 is 23.1 Å². The van der Waals surface area contributed by atoms with Crippen LogP contribution in [0.5, 0.6) is 0 Å². The Morgan fingerprint density at radius 1 is 1.44 bits per heavy atom. The van der Waals surface area contributed by atoms with Crippen molar-refractivity contribution in [1.82, 2.24) is 0 Å². The zero-order chi connectivity index (χ0) is 13.9. The fraction of sp³-hybridized carbons (Fsp3) is 0.364. The fourth-order valence-electron chi connectivity index (χ4n) is 1.53. The van der Waals surface area contributed by atoms with Gasteiger partial charge in [-0.1, -0.05) is 22.0 Å². The summed E-state index contributed by atoms with van der Waals surface area (Å²) < 4.78 is 38.7. The van der Waals surface area contributed by atoms with Crippen LogP contribution in [0.3, 0.4) is 0 Å². The molecule has 0 aromatic heterocycles. The molecule has 3 N–H and O–H groups in total. The number of alkyl halides is 3. The van der Waals surface area contributed by atoms with Gasteiger partial charge in [0.2, 0.25) is 0 Å². The Morgan fingerprint density at radius 3 is 2.56 bits per heavy atom. The molecule has 0 aliphatic rings. The lowest BCUT2D eigenvalue weighted by molar-refractivity contribution is -0.138. The number of halogens is 4. The number of hydrogen-bond acceptors (Lipinski definition) is 2. The Balaban J connectivity index is 3.04. The van der Waals surface area contributed by atoms with Crippen molar-refractivity contribution in [3.8, 4) is 0 Å². The molecule has 18 heavy (non-hydrogen) atoms. The molecule has 1 aromatic rings. The lowest BCUT2D eigenvalue weighted by Crippen LogP contribution is -2.18. The third-order valence-electron chi connectivity index (χ3n) is 2.39. The summed E-state index contributed by atoms with van der Waals surface area (Å²) in [7, 11) is 0. The molecule has 1 unspecified atom stereocenters. The second kappa shape index (κ2) is 5.71. The van der Waals surface area contributed by atoms with Gasteiger partial charge in [-0.2, -0.15) is 13.2 Å². The van der Waals surface area contributed by atoms with Crippen molar-refractivity contribution in [3.63, 3.8) is 0 Å². The Kier molecular flexibility index (Phi) is 4.75. The lowest BCUT2D eigenvalue weighted by atomic mass is 9.97. The molecule has 0 saturated heterocycles. The smallest absolute Gasteiger partial charge is 0.416 e. The lowest BCUT2D eigenvalue weighted by Gasteiger charge is -2.18. The number of aliphatic carboxylic acids is 1. The second-order valence-corrected chi connectivity index (χ2v) is 4.68. The van der Waals surface area contributed by atoms with Gasteiger partial charge in [-0.05, 0) is 24.1 Å². The van der Waals surface area contributed by atoms with Gasteiger partial charge in [-0.15, -0.1) is 0 Å². The van der Waals surface area contributed by atoms with E-state index < -0.39 is 23.8 Å². The number of carboxylic acid groups (broad SMARTS) is 1. The topological polar surface area (TPSA) is 63.3 Å². The van der Waals surface area contributed by atoms with Gasteiger partial charge in [0.1, 0.15) is 0 Å². The molecule has 0 aliphatic carbocycles. The summed E-state index contributed by atoms with van der Waals surface area (Å²) in [6.07, 6.45) is -4.82. The average molecular weight is 326 g/mol. The van der Waals surface area contributed by atoms with Gasteiger partial charge >= 0.3 is 12.1 Å². The number of rotatable bonds is 4. The van der Waals surface area contributed by atoms with Crippen molar-refractivity contribution in [3.05, 3.63) is 33.8 Å². The van der Waals surface area contributed by atoms with E-state index in [0.717, 1.165) is 6.07 Å². The van der Waals surface area contributed by atoms with E-state index >= 15 is 0 Å². The van der Waals surface area contributed by atoms with E-state index in [4.69, 9.17) is 10.8 Å². The van der Waals surface area contributed by atoms with E-state index in [9.17, 15) is 18.0 Å². The first-order chi connectivity index (χ1) is 8.21. The van der Waals surface area contributed by atoms with Gasteiger partial charge < -0.3 is 10.8 Å². The molecule has 0 amide bonds. The quantitative estimate of drug-likeness (QED) is 0.892. The highest BCUT2D eigenvalue weighted by molar-refractivity contribution is 9.10. The van der Waals surface area contributed by atoms with Gasteiger partial charge in [0.25, 0.3) is 0 Å². The van der Waals surface area contributed by atoms with Gasteiger partial charge in [0.15, 0.2) is 0 Å². The van der Waals surface area contributed by atoms with Crippen LogP contribution < -0.4 is 5.73 Å². The maximum absolute atomic E-state index is 12.8. The zero-order valence-electron chi connectivity index (χ0n) is 9.17. The number of benzene rings is 1. The summed E-state index contributed by atoms with van der Waals surface area (Å²) in [5.74, 6) is -1.09. The monoisotopic (exact) mass is 325 g/mol. The van der Waals surface area contributed by atoms with Crippen molar-refractivity contribution in [2.45, 2.75) is 25.1 Å². The van der Waals surface area contributed by atoms with Gasteiger partial charge in [-0.25, -0.2) is 0 Å². The number of nitrogens with two attached hydrogens (primary N) is 1. The maximum Gasteiger partial charge on any atom is 0.416 e. The third-order valence-corrected chi connectivity index (χ3v) is 2.88. The molecule has 3 nitrogen and oxygen atoms in total. The molecular formula is C11H11BrF3NO2. The Bertz CT molecular complexity index is 448. The predicted octanol–water partition coefficient (Wildman–Crippen LogP) is 3.33. The van der Waals surface area contributed by atoms with Crippen molar-refractivity contribution >= 4 is 21.9 Å². The predicted molar refractivity (Wildman–Crippen MR) is 62.9 cm³/mol. The summed E-state index contributed by atoms with van der Waals surface area (Å²) in [5, 5.41) is 8.50. The Hall–Kier alpha value is -1.08. The molecular weight excluding hydrogens is 315 g/mol. The normalized spacial score (nSPS) is 13.4. The zero-order valence-corrected chi connectivity index (χ0v) is 10.8. The van der Waals surface area contributed by atoms with E-state index in [1.54, 1.807) is 0 Å². The number of hydrogen-bond donors (Lipinski definition) is 2. The molecule has 0 bridgehead atoms. The maximum atomic E-state index is 12.8. The molecule has 0 aliphatic heterocycles. The summed E-state index contributed by atoms with van der Waals surface area (Å²) in [6.45, 7) is 0. The van der Waals surface area contributed by atoms with E-state index in [-0.39, 0.29) is 18.4 Å². The Morgan fingerprint density at radius 2 is 2.06 bits per heavy atom. The van der Waals surface area contributed by atoms with E-state index in [1.165, 1.54) is 12.1 Å². The molecule has 0 spiro atoms. The van der Waals surface area contributed by atoms with Crippen molar-refractivity contribution in [1.29, 1.82) is 0 Å². The first-order valence-corrected chi connectivity index (χ1v) is 5.85. The molecule has 0 fully saturated rings. The summed E-state index contributed by atoms with van der Waals surface area (Å²) in [5.41, 5.74) is 4.68. The first-order valence-electron chi connectivity index (χ1n) is 5.06. The highest BCUT2D eigenvalue weighted by Crippen LogP contribution is 2.36. The number of carboxylic acids is 1. The van der Waals surface area contributed by atoms with Gasteiger partial charge in [0.05, 0.1) is 5.56 Å². The van der Waals surface area contributed by atoms with E-state index in [2.05, 4.69) is 15.9 Å². The average Bonchev–Trinajstić information content (AvgIpc) is 2.24. The van der Waals surface area contributed by atoms with Crippen LogP contribution in [0.25, 0.3) is 0 Å². The highest BCUT2D eigenvalue weighted by Gasteiger charge is 2.34. The van der Waals surface area contributed by atoms with Crippen LogP contribution in [0.2, 0.25) is 0 Å². The largest absolute Gasteiger partial charge is 0.481 e. The molecule has 0 saturated carbocycles. The molecule has 1 rings (SSSR count). The van der Waals surface area contributed by atoms with Crippen molar-refractivity contribution in [2.24, 2.45) is 5.73 Å². The van der Waals surface area contributed by atoms with Gasteiger partial charge in [0, 0.05) is 16.9 Å². The minimum absolute atomic E-state index is 0.0416. The van der Waals surface area contributed by atoms with Crippen LogP contribution in [-0.2, 0) is 11.0 Å². The second-order valence-electron chi connectivity index (χ2n) is 3.77. The summed E-state index contributed by atoms with van der Waals surface area (Å²) in [6, 6.07) is 2.70. The molecule has 100 valence electrons. The van der Waals surface area contributed by atoms with Crippen LogP contribution in [-0.4, -0.2) is 11.1 Å². The Labute approximate surface area is 110 Å². The standard InChI is InChI=1S/C11H11BrF3NO2/c12-6-1-2-7(8(5-6)11(13,14)15)9(16)3-4-10(17)18/h1-2,5,9H,3-4,16H2,(H,17,18). The van der Waals surface area contributed by atoms with Crippen LogP contribution in [0, 0.1) is 0 Å². The number of carbonyl (C=O) groups is 1. The highest BCUT2D eigenvalue weighted by atomic mass is 79.9. The molecule has 0 radical (unpaired) electrons. The van der Waals surface area contributed by atoms with Crippen LogP contribution >= 0.6 is 15.9 Å². The first kappa shape index (κ1) is 15.0.